The lowest BCUT2D eigenvalue weighted by molar-refractivity contribution is 0.0919. The molecule has 0 aliphatic rings. The molecule has 3 aromatic carbocycles. The second kappa shape index (κ2) is 10.7. The van der Waals surface area contributed by atoms with Crippen LogP contribution >= 0.6 is 0 Å². The van der Waals surface area contributed by atoms with Crippen molar-refractivity contribution in [2.24, 2.45) is 0 Å². The van der Waals surface area contributed by atoms with Crippen LogP contribution in [0.2, 0.25) is 0 Å². The van der Waals surface area contributed by atoms with E-state index in [1.165, 1.54) is 0 Å². The monoisotopic (exact) mass is 479 g/mol. The third-order valence-electron chi connectivity index (χ3n) is 5.61. The number of hydrogen-bond donors (Lipinski definition) is 1. The minimum absolute atomic E-state index is 0.197. The Labute approximate surface area is 208 Å². The lowest BCUT2D eigenvalue weighted by Crippen LogP contribution is -2.22. The highest BCUT2D eigenvalue weighted by Crippen LogP contribution is 2.24. The molecule has 0 spiro atoms. The molecule has 2 heterocycles. The minimum atomic E-state index is -0.311. The standard InChI is InChI=1S/C29H25N3O4/c1-34-24-13-8-14-25(17-24)35-20-26-15-16-27(36-26)29(33)30-18-22-19-32(23-11-6-3-7-12-23)31-28(22)21-9-4-2-5-10-21/h2-17,19H,18,20H2,1H3,(H,30,33). The van der Waals surface area contributed by atoms with Gasteiger partial charge in [0.1, 0.15) is 23.9 Å². The number of aromatic nitrogens is 2. The highest BCUT2D eigenvalue weighted by Gasteiger charge is 2.16. The summed E-state index contributed by atoms with van der Waals surface area (Å²) in [6, 6.07) is 30.5. The van der Waals surface area contributed by atoms with Crippen molar-refractivity contribution in [2.75, 3.05) is 7.11 Å². The van der Waals surface area contributed by atoms with Gasteiger partial charge in [0, 0.05) is 29.9 Å². The normalized spacial score (nSPS) is 10.7. The quantitative estimate of drug-likeness (QED) is 0.296. The van der Waals surface area contributed by atoms with Crippen LogP contribution in [0.25, 0.3) is 16.9 Å². The molecule has 0 saturated heterocycles. The topological polar surface area (TPSA) is 78.5 Å². The summed E-state index contributed by atoms with van der Waals surface area (Å²) >= 11 is 0. The van der Waals surface area contributed by atoms with Crippen LogP contribution in [0, 0.1) is 0 Å². The first-order valence-corrected chi connectivity index (χ1v) is 11.5. The van der Waals surface area contributed by atoms with Gasteiger partial charge in [-0.3, -0.25) is 4.79 Å². The maximum atomic E-state index is 12.8. The van der Waals surface area contributed by atoms with Crippen LogP contribution in [-0.4, -0.2) is 22.8 Å². The van der Waals surface area contributed by atoms with Gasteiger partial charge in [-0.15, -0.1) is 0 Å². The van der Waals surface area contributed by atoms with Crippen LogP contribution in [-0.2, 0) is 13.2 Å². The second-order valence-corrected chi connectivity index (χ2v) is 8.07. The van der Waals surface area contributed by atoms with E-state index in [9.17, 15) is 4.79 Å². The van der Waals surface area contributed by atoms with E-state index in [1.807, 2.05) is 89.7 Å². The third-order valence-corrected chi connectivity index (χ3v) is 5.61. The Morgan fingerprint density at radius 1 is 0.917 bits per heavy atom. The van der Waals surface area contributed by atoms with Crippen LogP contribution in [0.1, 0.15) is 21.9 Å². The fraction of sp³-hybridized carbons (Fsp3) is 0.103. The second-order valence-electron chi connectivity index (χ2n) is 8.07. The predicted molar refractivity (Wildman–Crippen MR) is 136 cm³/mol. The summed E-state index contributed by atoms with van der Waals surface area (Å²) in [5, 5.41) is 7.74. The predicted octanol–water partition coefficient (Wildman–Crippen LogP) is 5.65. The van der Waals surface area contributed by atoms with Crippen molar-refractivity contribution in [3.8, 4) is 28.4 Å². The molecule has 36 heavy (non-hydrogen) atoms. The maximum absolute atomic E-state index is 12.8. The number of amides is 1. The molecule has 5 aromatic rings. The van der Waals surface area contributed by atoms with Crippen molar-refractivity contribution < 1.29 is 18.7 Å². The van der Waals surface area contributed by atoms with E-state index in [1.54, 1.807) is 25.3 Å². The van der Waals surface area contributed by atoms with Crippen molar-refractivity contribution in [3.63, 3.8) is 0 Å². The fourth-order valence-electron chi connectivity index (χ4n) is 3.78. The van der Waals surface area contributed by atoms with Crippen LogP contribution in [0.15, 0.2) is 108 Å². The molecular formula is C29H25N3O4. The highest BCUT2D eigenvalue weighted by molar-refractivity contribution is 5.91. The summed E-state index contributed by atoms with van der Waals surface area (Å²) < 4.78 is 18.5. The van der Waals surface area contributed by atoms with Gasteiger partial charge in [0.25, 0.3) is 5.91 Å². The zero-order valence-electron chi connectivity index (χ0n) is 19.8. The average molecular weight is 480 g/mol. The van der Waals surface area contributed by atoms with Crippen molar-refractivity contribution >= 4 is 5.91 Å². The van der Waals surface area contributed by atoms with E-state index in [4.69, 9.17) is 19.0 Å². The molecule has 0 saturated carbocycles. The zero-order valence-corrected chi connectivity index (χ0v) is 19.8. The molecule has 0 unspecified atom stereocenters. The van der Waals surface area contributed by atoms with E-state index in [-0.39, 0.29) is 18.3 Å². The molecule has 0 aliphatic carbocycles. The number of carbonyl (C=O) groups is 1. The van der Waals surface area contributed by atoms with Crippen molar-refractivity contribution in [1.29, 1.82) is 0 Å². The van der Waals surface area contributed by atoms with Crippen molar-refractivity contribution in [3.05, 3.63) is 120 Å². The number of para-hydroxylation sites is 1. The largest absolute Gasteiger partial charge is 0.497 e. The summed E-state index contributed by atoms with van der Waals surface area (Å²) in [5.41, 5.74) is 3.63. The number of carbonyl (C=O) groups excluding carboxylic acids is 1. The summed E-state index contributed by atoms with van der Waals surface area (Å²) in [6.45, 7) is 0.495. The Morgan fingerprint density at radius 2 is 1.67 bits per heavy atom. The molecule has 180 valence electrons. The molecule has 7 nitrogen and oxygen atoms in total. The van der Waals surface area contributed by atoms with Gasteiger partial charge in [0.15, 0.2) is 5.76 Å². The number of furan rings is 1. The van der Waals surface area contributed by atoms with Gasteiger partial charge in [-0.25, -0.2) is 4.68 Å². The number of nitrogens with zero attached hydrogens (tertiary/aromatic N) is 2. The number of ether oxygens (including phenoxy) is 2. The van der Waals surface area contributed by atoms with Crippen LogP contribution in [0.3, 0.4) is 0 Å². The summed E-state index contributed by atoms with van der Waals surface area (Å²) in [6.07, 6.45) is 1.94. The molecule has 0 radical (unpaired) electrons. The Bertz CT molecular complexity index is 1440. The van der Waals surface area contributed by atoms with Crippen molar-refractivity contribution in [1.82, 2.24) is 15.1 Å². The van der Waals surface area contributed by atoms with E-state index in [0.29, 0.717) is 23.8 Å². The van der Waals surface area contributed by atoms with E-state index in [0.717, 1.165) is 22.5 Å². The minimum Gasteiger partial charge on any atom is -0.497 e. The molecule has 5 rings (SSSR count). The van der Waals surface area contributed by atoms with Crippen LogP contribution in [0.5, 0.6) is 11.5 Å². The van der Waals surface area contributed by atoms with Gasteiger partial charge in [0.2, 0.25) is 0 Å². The third kappa shape index (κ3) is 5.31. The molecule has 0 aliphatic heterocycles. The lowest BCUT2D eigenvalue weighted by atomic mass is 10.1. The number of methoxy groups -OCH3 is 1. The Kier molecular flexibility index (Phi) is 6.80. The smallest absolute Gasteiger partial charge is 0.287 e. The van der Waals surface area contributed by atoms with Gasteiger partial charge in [-0.05, 0) is 36.4 Å². The average Bonchev–Trinajstić information content (AvgIpc) is 3.59. The van der Waals surface area contributed by atoms with E-state index < -0.39 is 0 Å². The first-order valence-electron chi connectivity index (χ1n) is 11.5. The molecular weight excluding hydrogens is 454 g/mol. The van der Waals surface area contributed by atoms with Crippen LogP contribution in [0.4, 0.5) is 0 Å². The lowest BCUT2D eigenvalue weighted by Gasteiger charge is -2.06. The van der Waals surface area contributed by atoms with Crippen molar-refractivity contribution in [2.45, 2.75) is 13.2 Å². The molecule has 1 N–H and O–H groups in total. The SMILES string of the molecule is COc1cccc(OCc2ccc(C(=O)NCc3cn(-c4ccccc4)nc3-c3ccccc3)o2)c1. The molecule has 0 fully saturated rings. The van der Waals surface area contributed by atoms with Gasteiger partial charge in [-0.2, -0.15) is 5.10 Å². The highest BCUT2D eigenvalue weighted by atomic mass is 16.5. The fourth-order valence-corrected chi connectivity index (χ4v) is 3.78. The Hall–Kier alpha value is -4.78. The molecule has 1 amide bonds. The van der Waals surface area contributed by atoms with E-state index >= 15 is 0 Å². The van der Waals surface area contributed by atoms with Gasteiger partial charge >= 0.3 is 0 Å². The number of nitrogens with one attached hydrogen (secondary N) is 1. The summed E-state index contributed by atoms with van der Waals surface area (Å²) in [4.78, 5) is 12.8. The Morgan fingerprint density at radius 3 is 2.44 bits per heavy atom. The molecule has 7 heteroatoms. The molecule has 0 bridgehead atoms. The summed E-state index contributed by atoms with van der Waals surface area (Å²) in [5.74, 6) is 1.81. The molecule has 2 aromatic heterocycles. The Balaban J connectivity index is 1.27. The van der Waals surface area contributed by atoms with Gasteiger partial charge in [0.05, 0.1) is 18.5 Å². The van der Waals surface area contributed by atoms with E-state index in [2.05, 4.69) is 5.32 Å². The molecule has 0 atom stereocenters. The zero-order chi connectivity index (χ0) is 24.7. The first kappa shape index (κ1) is 23.0. The van der Waals surface area contributed by atoms with Crippen LogP contribution < -0.4 is 14.8 Å². The number of hydrogen-bond acceptors (Lipinski definition) is 5. The summed E-state index contributed by atoms with van der Waals surface area (Å²) in [7, 11) is 1.60. The number of benzene rings is 3. The van der Waals surface area contributed by atoms with Gasteiger partial charge in [-0.1, -0.05) is 54.6 Å². The van der Waals surface area contributed by atoms with Gasteiger partial charge < -0.3 is 19.2 Å². The number of rotatable bonds is 9. The maximum Gasteiger partial charge on any atom is 0.287 e. The first-order chi connectivity index (χ1) is 17.7.